The summed E-state index contributed by atoms with van der Waals surface area (Å²) in [5.41, 5.74) is 0. The van der Waals surface area contributed by atoms with E-state index in [-0.39, 0.29) is 24.3 Å². The number of amides is 1. The lowest BCUT2D eigenvalue weighted by molar-refractivity contribution is -0.141. The van der Waals surface area contributed by atoms with Crippen LogP contribution in [0.3, 0.4) is 0 Å². The first kappa shape index (κ1) is 11.9. The first-order valence-electron chi connectivity index (χ1n) is 4.44. The zero-order chi connectivity index (χ0) is 10.3. The van der Waals surface area contributed by atoms with E-state index in [1.54, 1.807) is 0 Å². The van der Waals surface area contributed by atoms with Gasteiger partial charge in [0.2, 0.25) is 5.91 Å². The van der Waals surface area contributed by atoms with Crippen molar-refractivity contribution in [2.45, 2.75) is 39.2 Å². The van der Waals surface area contributed by atoms with Gasteiger partial charge in [0.15, 0.2) is 0 Å². The smallest absolute Gasteiger partial charge is 0.307 e. The molecule has 0 radical (unpaired) electrons. The highest BCUT2D eigenvalue weighted by Crippen LogP contribution is 2.02. The number of carbonyl (C=O) groups excluding carboxylic acids is 2. The quantitative estimate of drug-likeness (QED) is 0.649. The number of ether oxygens (including phenoxy) is 1. The fourth-order valence-electron chi connectivity index (χ4n) is 1.15. The second-order valence-corrected chi connectivity index (χ2v) is 2.97. The van der Waals surface area contributed by atoms with Crippen LogP contribution in [0.25, 0.3) is 0 Å². The molecule has 0 bridgehead atoms. The second kappa shape index (κ2) is 6.46. The van der Waals surface area contributed by atoms with E-state index >= 15 is 0 Å². The third kappa shape index (κ3) is 6.13. The Kier molecular flexibility index (Phi) is 5.93. The number of esters is 1. The van der Waals surface area contributed by atoms with Crippen molar-refractivity contribution in [1.82, 2.24) is 5.32 Å². The van der Waals surface area contributed by atoms with Crippen LogP contribution in [0.15, 0.2) is 0 Å². The van der Waals surface area contributed by atoms with Gasteiger partial charge in [0, 0.05) is 13.0 Å². The van der Waals surface area contributed by atoms with Crippen LogP contribution in [0, 0.1) is 0 Å². The summed E-state index contributed by atoms with van der Waals surface area (Å²) >= 11 is 0. The SMILES string of the molecule is CCC[C@@H](CC(=O)OC)NC(C)=O. The van der Waals surface area contributed by atoms with E-state index in [1.807, 2.05) is 6.92 Å². The van der Waals surface area contributed by atoms with Crippen molar-refractivity contribution in [3.05, 3.63) is 0 Å². The highest BCUT2D eigenvalue weighted by molar-refractivity contribution is 5.75. The molecule has 0 aromatic rings. The Morgan fingerprint density at radius 1 is 1.46 bits per heavy atom. The summed E-state index contributed by atoms with van der Waals surface area (Å²) in [7, 11) is 1.35. The van der Waals surface area contributed by atoms with E-state index in [9.17, 15) is 9.59 Å². The van der Waals surface area contributed by atoms with Crippen LogP contribution < -0.4 is 5.32 Å². The molecule has 0 saturated heterocycles. The van der Waals surface area contributed by atoms with Gasteiger partial charge in [-0.25, -0.2) is 0 Å². The van der Waals surface area contributed by atoms with Gasteiger partial charge < -0.3 is 10.1 Å². The van der Waals surface area contributed by atoms with Crippen molar-refractivity contribution in [3.8, 4) is 0 Å². The zero-order valence-electron chi connectivity index (χ0n) is 8.42. The molecule has 1 atom stereocenters. The van der Waals surface area contributed by atoms with E-state index < -0.39 is 0 Å². The normalized spacial score (nSPS) is 11.9. The van der Waals surface area contributed by atoms with Crippen LogP contribution in [0.4, 0.5) is 0 Å². The largest absolute Gasteiger partial charge is 0.469 e. The molecule has 0 rings (SSSR count). The summed E-state index contributed by atoms with van der Waals surface area (Å²) in [5.74, 6) is -0.394. The first-order valence-corrected chi connectivity index (χ1v) is 4.44. The molecule has 1 N–H and O–H groups in total. The molecule has 0 aliphatic heterocycles. The lowest BCUT2D eigenvalue weighted by Gasteiger charge is -2.15. The Balaban J connectivity index is 3.93. The molecule has 0 aliphatic rings. The lowest BCUT2D eigenvalue weighted by Crippen LogP contribution is -2.35. The van der Waals surface area contributed by atoms with Crippen LogP contribution in [0.5, 0.6) is 0 Å². The minimum Gasteiger partial charge on any atom is -0.469 e. The molecule has 4 nitrogen and oxygen atoms in total. The minimum atomic E-state index is -0.285. The van der Waals surface area contributed by atoms with Crippen LogP contribution in [0.2, 0.25) is 0 Å². The van der Waals surface area contributed by atoms with Gasteiger partial charge >= 0.3 is 5.97 Å². The van der Waals surface area contributed by atoms with Crippen molar-refractivity contribution in [2.75, 3.05) is 7.11 Å². The number of hydrogen-bond acceptors (Lipinski definition) is 3. The molecular formula is C9H17NO3. The molecule has 0 unspecified atom stereocenters. The Bertz CT molecular complexity index is 180. The third-order valence-corrected chi connectivity index (χ3v) is 1.69. The monoisotopic (exact) mass is 187 g/mol. The van der Waals surface area contributed by atoms with E-state index in [2.05, 4.69) is 10.1 Å². The van der Waals surface area contributed by atoms with Crippen molar-refractivity contribution >= 4 is 11.9 Å². The van der Waals surface area contributed by atoms with Crippen molar-refractivity contribution in [3.63, 3.8) is 0 Å². The van der Waals surface area contributed by atoms with Gasteiger partial charge in [0.25, 0.3) is 0 Å². The van der Waals surface area contributed by atoms with Crippen LogP contribution in [-0.4, -0.2) is 25.0 Å². The number of rotatable bonds is 5. The molecule has 0 heterocycles. The van der Waals surface area contributed by atoms with Gasteiger partial charge in [0.05, 0.1) is 13.5 Å². The van der Waals surface area contributed by atoms with E-state index in [4.69, 9.17) is 0 Å². The molecule has 4 heteroatoms. The first-order chi connectivity index (χ1) is 6.10. The summed E-state index contributed by atoms with van der Waals surface area (Å²) in [6.45, 7) is 3.45. The summed E-state index contributed by atoms with van der Waals surface area (Å²) in [6, 6.07) is -0.0880. The average molecular weight is 187 g/mol. The molecule has 0 spiro atoms. The Labute approximate surface area is 78.6 Å². The standard InChI is InChI=1S/C9H17NO3/c1-4-5-8(10-7(2)11)6-9(12)13-3/h8H,4-6H2,1-3H3,(H,10,11)/t8-/m0/s1. The molecule has 0 saturated carbocycles. The fraction of sp³-hybridized carbons (Fsp3) is 0.778. The second-order valence-electron chi connectivity index (χ2n) is 2.97. The molecular weight excluding hydrogens is 170 g/mol. The van der Waals surface area contributed by atoms with Crippen molar-refractivity contribution in [1.29, 1.82) is 0 Å². The minimum absolute atomic E-state index is 0.0880. The van der Waals surface area contributed by atoms with Crippen molar-refractivity contribution < 1.29 is 14.3 Å². The van der Waals surface area contributed by atoms with Gasteiger partial charge in [-0.1, -0.05) is 13.3 Å². The maximum Gasteiger partial charge on any atom is 0.307 e. The lowest BCUT2D eigenvalue weighted by atomic mass is 10.1. The number of hydrogen-bond donors (Lipinski definition) is 1. The predicted molar refractivity (Wildman–Crippen MR) is 49.1 cm³/mol. The van der Waals surface area contributed by atoms with Gasteiger partial charge in [-0.05, 0) is 6.42 Å². The fourth-order valence-corrected chi connectivity index (χ4v) is 1.15. The summed E-state index contributed by atoms with van der Waals surface area (Å²) in [4.78, 5) is 21.6. The van der Waals surface area contributed by atoms with Crippen LogP contribution in [-0.2, 0) is 14.3 Å². The van der Waals surface area contributed by atoms with Gasteiger partial charge in [-0.15, -0.1) is 0 Å². The maximum atomic E-state index is 10.9. The summed E-state index contributed by atoms with van der Waals surface area (Å²) < 4.78 is 4.52. The molecule has 0 fully saturated rings. The summed E-state index contributed by atoms with van der Waals surface area (Å²) in [6.07, 6.45) is 1.99. The Hall–Kier alpha value is -1.06. The molecule has 76 valence electrons. The number of nitrogens with one attached hydrogen (secondary N) is 1. The van der Waals surface area contributed by atoms with E-state index in [0.717, 1.165) is 12.8 Å². The molecule has 0 aromatic carbocycles. The molecule has 0 aromatic heterocycles. The zero-order valence-corrected chi connectivity index (χ0v) is 8.42. The number of carbonyl (C=O) groups is 2. The predicted octanol–water partition coefficient (Wildman–Crippen LogP) is 0.854. The molecule has 13 heavy (non-hydrogen) atoms. The molecule has 0 aliphatic carbocycles. The van der Waals surface area contributed by atoms with Gasteiger partial charge in [0.1, 0.15) is 0 Å². The highest BCUT2D eigenvalue weighted by Gasteiger charge is 2.13. The number of methoxy groups -OCH3 is 1. The average Bonchev–Trinajstić information content (AvgIpc) is 2.03. The van der Waals surface area contributed by atoms with E-state index in [0.29, 0.717) is 0 Å². The van der Waals surface area contributed by atoms with Gasteiger partial charge in [-0.2, -0.15) is 0 Å². The third-order valence-electron chi connectivity index (χ3n) is 1.69. The van der Waals surface area contributed by atoms with Crippen molar-refractivity contribution in [2.24, 2.45) is 0 Å². The van der Waals surface area contributed by atoms with Gasteiger partial charge in [-0.3, -0.25) is 9.59 Å². The molecule has 1 amide bonds. The van der Waals surface area contributed by atoms with Crippen LogP contribution >= 0.6 is 0 Å². The Morgan fingerprint density at radius 3 is 2.46 bits per heavy atom. The summed E-state index contributed by atoms with van der Waals surface area (Å²) in [5, 5.41) is 2.71. The maximum absolute atomic E-state index is 10.9. The van der Waals surface area contributed by atoms with E-state index in [1.165, 1.54) is 14.0 Å². The van der Waals surface area contributed by atoms with Crippen LogP contribution in [0.1, 0.15) is 33.1 Å². The highest BCUT2D eigenvalue weighted by atomic mass is 16.5. The topological polar surface area (TPSA) is 55.4 Å². The Morgan fingerprint density at radius 2 is 2.08 bits per heavy atom.